The first kappa shape index (κ1) is 13.0. The number of anilines is 1. The maximum atomic E-state index is 11.4. The van der Waals surface area contributed by atoms with E-state index in [4.69, 9.17) is 0 Å². The Morgan fingerprint density at radius 2 is 2.06 bits per heavy atom. The fourth-order valence-electron chi connectivity index (χ4n) is 1.94. The molecule has 1 aromatic rings. The molecule has 1 heterocycles. The number of aliphatic hydroxyl groups excluding tert-OH is 1. The molecule has 6 heteroatoms. The number of amides is 1. The molecule has 5 nitrogen and oxygen atoms in total. The lowest BCUT2D eigenvalue weighted by Gasteiger charge is -2.18. The number of rotatable bonds is 3. The van der Waals surface area contributed by atoms with E-state index in [9.17, 15) is 18.3 Å². The quantitative estimate of drug-likeness (QED) is 0.844. The van der Waals surface area contributed by atoms with Crippen LogP contribution in [0.1, 0.15) is 24.2 Å². The lowest BCUT2D eigenvalue weighted by Crippen LogP contribution is -2.24. The van der Waals surface area contributed by atoms with Crippen LogP contribution < -0.4 is 5.32 Å². The highest BCUT2D eigenvalue weighted by Gasteiger charge is 2.27. The van der Waals surface area contributed by atoms with Crippen molar-refractivity contribution in [2.24, 2.45) is 0 Å². The van der Waals surface area contributed by atoms with E-state index in [2.05, 4.69) is 5.32 Å². The minimum absolute atomic E-state index is 0.0900. The van der Waals surface area contributed by atoms with Gasteiger partial charge in [-0.15, -0.1) is 0 Å². The van der Waals surface area contributed by atoms with Gasteiger partial charge in [-0.05, 0) is 24.1 Å². The molecule has 1 aliphatic heterocycles. The van der Waals surface area contributed by atoms with Gasteiger partial charge >= 0.3 is 0 Å². The van der Waals surface area contributed by atoms with Crippen LogP contribution in [0.3, 0.4) is 0 Å². The number of sulfone groups is 1. The maximum Gasteiger partial charge on any atom is 0.228 e. The molecule has 2 unspecified atom stereocenters. The summed E-state index contributed by atoms with van der Waals surface area (Å²) in [7, 11) is -3.31. The number of aliphatic hydroxyl groups is 1. The van der Waals surface area contributed by atoms with Crippen LogP contribution in [-0.2, 0) is 21.1 Å². The van der Waals surface area contributed by atoms with Crippen molar-refractivity contribution in [1.82, 2.24) is 0 Å². The van der Waals surface area contributed by atoms with Crippen LogP contribution in [0.15, 0.2) is 18.2 Å². The van der Waals surface area contributed by atoms with Gasteiger partial charge in [-0.1, -0.05) is 12.1 Å². The number of fused-ring (bicyclic) bond motifs is 1. The van der Waals surface area contributed by atoms with Crippen LogP contribution in [-0.4, -0.2) is 30.9 Å². The SMILES string of the molecule is CC(C(O)c1ccc2c(c1)CC(=O)N2)S(C)(=O)=O. The summed E-state index contributed by atoms with van der Waals surface area (Å²) in [5, 5.41) is 11.8. The van der Waals surface area contributed by atoms with Crippen molar-refractivity contribution in [3.05, 3.63) is 29.3 Å². The highest BCUT2D eigenvalue weighted by atomic mass is 32.2. The smallest absolute Gasteiger partial charge is 0.228 e. The molecule has 0 spiro atoms. The van der Waals surface area contributed by atoms with Gasteiger partial charge in [0.25, 0.3) is 0 Å². The Bertz CT molecular complexity index is 594. The highest BCUT2D eigenvalue weighted by molar-refractivity contribution is 7.91. The molecular weight excluding hydrogens is 254 g/mol. The molecule has 1 amide bonds. The van der Waals surface area contributed by atoms with E-state index in [1.165, 1.54) is 6.92 Å². The van der Waals surface area contributed by atoms with Gasteiger partial charge < -0.3 is 10.4 Å². The molecular formula is C12H15NO4S. The van der Waals surface area contributed by atoms with E-state index in [-0.39, 0.29) is 12.3 Å². The summed E-state index contributed by atoms with van der Waals surface area (Å²) in [4.78, 5) is 11.2. The van der Waals surface area contributed by atoms with Gasteiger partial charge in [-0.2, -0.15) is 0 Å². The third-order valence-electron chi connectivity index (χ3n) is 3.22. The maximum absolute atomic E-state index is 11.4. The molecule has 2 atom stereocenters. The Balaban J connectivity index is 2.31. The fourth-order valence-corrected chi connectivity index (χ4v) is 2.56. The number of hydrogen-bond acceptors (Lipinski definition) is 4. The van der Waals surface area contributed by atoms with E-state index in [0.717, 1.165) is 17.5 Å². The third-order valence-corrected chi connectivity index (χ3v) is 4.82. The zero-order valence-corrected chi connectivity index (χ0v) is 11.0. The topological polar surface area (TPSA) is 83.5 Å². The summed E-state index contributed by atoms with van der Waals surface area (Å²) in [6.07, 6.45) is 0.281. The molecule has 2 rings (SSSR count). The van der Waals surface area contributed by atoms with Crippen molar-refractivity contribution in [3.63, 3.8) is 0 Å². The fraction of sp³-hybridized carbons (Fsp3) is 0.417. The Kier molecular flexibility index (Phi) is 3.16. The van der Waals surface area contributed by atoms with Gasteiger partial charge in [0.1, 0.15) is 0 Å². The summed E-state index contributed by atoms with van der Waals surface area (Å²) in [6, 6.07) is 5.00. The Morgan fingerprint density at radius 3 is 2.67 bits per heavy atom. The second-order valence-electron chi connectivity index (χ2n) is 4.62. The van der Waals surface area contributed by atoms with Crippen LogP contribution in [0.5, 0.6) is 0 Å². The summed E-state index contributed by atoms with van der Waals surface area (Å²) in [5.41, 5.74) is 2.03. The molecule has 0 saturated carbocycles. The summed E-state index contributed by atoms with van der Waals surface area (Å²) in [5.74, 6) is -0.0900. The Morgan fingerprint density at radius 1 is 1.39 bits per heavy atom. The molecule has 1 aromatic carbocycles. The molecule has 0 bridgehead atoms. The zero-order chi connectivity index (χ0) is 13.5. The lowest BCUT2D eigenvalue weighted by molar-refractivity contribution is -0.115. The third kappa shape index (κ3) is 2.39. The number of carbonyl (C=O) groups is 1. The summed E-state index contributed by atoms with van der Waals surface area (Å²) < 4.78 is 22.8. The molecule has 0 fully saturated rings. The Labute approximate surface area is 106 Å². The largest absolute Gasteiger partial charge is 0.387 e. The van der Waals surface area contributed by atoms with E-state index in [1.807, 2.05) is 0 Å². The second kappa shape index (κ2) is 4.37. The normalized spacial score (nSPS) is 18.1. The van der Waals surface area contributed by atoms with E-state index in [1.54, 1.807) is 18.2 Å². The average molecular weight is 269 g/mol. The van der Waals surface area contributed by atoms with Crippen molar-refractivity contribution in [2.75, 3.05) is 11.6 Å². The zero-order valence-electron chi connectivity index (χ0n) is 10.2. The van der Waals surface area contributed by atoms with Crippen molar-refractivity contribution in [1.29, 1.82) is 0 Å². The van der Waals surface area contributed by atoms with Gasteiger partial charge in [0.05, 0.1) is 17.8 Å². The Hall–Kier alpha value is -1.40. The van der Waals surface area contributed by atoms with Crippen LogP contribution in [0.25, 0.3) is 0 Å². The van der Waals surface area contributed by atoms with Crippen LogP contribution in [0.4, 0.5) is 5.69 Å². The molecule has 98 valence electrons. The molecule has 0 aliphatic carbocycles. The number of nitrogens with one attached hydrogen (secondary N) is 1. The molecule has 0 radical (unpaired) electrons. The lowest BCUT2D eigenvalue weighted by atomic mass is 10.0. The van der Waals surface area contributed by atoms with Crippen LogP contribution in [0, 0.1) is 0 Å². The predicted octanol–water partition coefficient (Wildman–Crippen LogP) is 0.648. The highest BCUT2D eigenvalue weighted by Crippen LogP contribution is 2.29. The van der Waals surface area contributed by atoms with Gasteiger partial charge in [0.15, 0.2) is 9.84 Å². The van der Waals surface area contributed by atoms with Gasteiger partial charge in [-0.3, -0.25) is 4.79 Å². The van der Waals surface area contributed by atoms with Crippen molar-refractivity contribution < 1.29 is 18.3 Å². The van der Waals surface area contributed by atoms with Crippen molar-refractivity contribution in [3.8, 4) is 0 Å². The predicted molar refractivity (Wildman–Crippen MR) is 68.0 cm³/mol. The minimum Gasteiger partial charge on any atom is -0.387 e. The molecule has 1 aliphatic rings. The molecule has 18 heavy (non-hydrogen) atoms. The molecule has 2 N–H and O–H groups in total. The minimum atomic E-state index is -3.31. The van der Waals surface area contributed by atoms with Crippen LogP contribution in [0.2, 0.25) is 0 Å². The van der Waals surface area contributed by atoms with Crippen molar-refractivity contribution >= 4 is 21.4 Å². The van der Waals surface area contributed by atoms with Gasteiger partial charge in [-0.25, -0.2) is 8.42 Å². The first-order chi connectivity index (χ1) is 8.29. The second-order valence-corrected chi connectivity index (χ2v) is 7.02. The summed E-state index contributed by atoms with van der Waals surface area (Å²) in [6.45, 7) is 1.47. The summed E-state index contributed by atoms with van der Waals surface area (Å²) >= 11 is 0. The monoisotopic (exact) mass is 269 g/mol. The molecule has 0 saturated heterocycles. The first-order valence-electron chi connectivity index (χ1n) is 5.58. The van der Waals surface area contributed by atoms with Gasteiger partial charge in [0.2, 0.25) is 5.91 Å². The van der Waals surface area contributed by atoms with E-state index < -0.39 is 21.2 Å². The van der Waals surface area contributed by atoms with Crippen molar-refractivity contribution in [2.45, 2.75) is 24.7 Å². The van der Waals surface area contributed by atoms with Crippen LogP contribution >= 0.6 is 0 Å². The number of benzene rings is 1. The van der Waals surface area contributed by atoms with E-state index in [0.29, 0.717) is 5.56 Å². The average Bonchev–Trinajstić information content (AvgIpc) is 2.64. The van der Waals surface area contributed by atoms with Gasteiger partial charge in [0, 0.05) is 11.9 Å². The van der Waals surface area contributed by atoms with E-state index >= 15 is 0 Å². The standard InChI is InChI=1S/C12H15NO4S/c1-7(18(2,16)17)12(15)8-3-4-10-9(5-8)6-11(14)13-10/h3-5,7,12,15H,6H2,1-2H3,(H,13,14). The molecule has 0 aromatic heterocycles. The number of hydrogen-bond donors (Lipinski definition) is 2. The first-order valence-corrected chi connectivity index (χ1v) is 7.54. The number of carbonyl (C=O) groups excluding carboxylic acids is 1.